The number of hydrogen-bond acceptors (Lipinski definition) is 5. The number of carbonyl (C=O) groups is 1. The quantitative estimate of drug-likeness (QED) is 0.533. The zero-order valence-corrected chi connectivity index (χ0v) is 9.88. The Labute approximate surface area is 95.2 Å². The largest absolute Gasteiger partial charge is 0.389 e. The van der Waals surface area contributed by atoms with Crippen LogP contribution < -0.4 is 5.32 Å². The minimum absolute atomic E-state index is 0.213. The van der Waals surface area contributed by atoms with Gasteiger partial charge in [0, 0.05) is 20.6 Å². The number of nitrogens with zero attached hydrogens (tertiary/aromatic N) is 1. The van der Waals surface area contributed by atoms with Crippen LogP contribution in [-0.2, 0) is 9.53 Å². The molecule has 6 nitrogen and oxygen atoms in total. The zero-order chi connectivity index (χ0) is 12.3. The first-order chi connectivity index (χ1) is 7.47. The van der Waals surface area contributed by atoms with Crippen molar-refractivity contribution in [3.05, 3.63) is 0 Å². The van der Waals surface area contributed by atoms with Gasteiger partial charge in [-0.3, -0.25) is 9.69 Å². The van der Waals surface area contributed by atoms with Crippen LogP contribution in [0.15, 0.2) is 0 Å². The third-order valence-corrected chi connectivity index (χ3v) is 2.93. The zero-order valence-electron chi connectivity index (χ0n) is 9.88. The predicted octanol–water partition coefficient (Wildman–Crippen LogP) is -1.83. The molecule has 3 unspecified atom stereocenters. The molecule has 0 spiro atoms. The van der Waals surface area contributed by atoms with E-state index in [0.717, 1.165) is 0 Å². The van der Waals surface area contributed by atoms with Crippen molar-refractivity contribution in [3.8, 4) is 0 Å². The Bertz CT molecular complexity index is 249. The number of nitrogens with one attached hydrogen (secondary N) is 1. The van der Waals surface area contributed by atoms with Crippen molar-refractivity contribution in [2.75, 3.05) is 27.3 Å². The molecule has 0 saturated carbocycles. The van der Waals surface area contributed by atoms with Crippen LogP contribution in [0.3, 0.4) is 0 Å². The number of hydrogen-bond donors (Lipinski definition) is 3. The van der Waals surface area contributed by atoms with Gasteiger partial charge >= 0.3 is 0 Å². The molecule has 0 aromatic carbocycles. The molecule has 1 heterocycles. The van der Waals surface area contributed by atoms with Gasteiger partial charge < -0.3 is 20.3 Å². The van der Waals surface area contributed by atoms with E-state index < -0.39 is 18.2 Å². The fraction of sp³-hybridized carbons (Fsp3) is 0.900. The molecule has 1 fully saturated rings. The molecule has 3 N–H and O–H groups in total. The summed E-state index contributed by atoms with van der Waals surface area (Å²) >= 11 is 0. The van der Waals surface area contributed by atoms with Crippen LogP contribution in [0.4, 0.5) is 0 Å². The highest BCUT2D eigenvalue weighted by Crippen LogP contribution is 2.17. The Morgan fingerprint density at radius 3 is 2.62 bits per heavy atom. The van der Waals surface area contributed by atoms with Gasteiger partial charge in [0.2, 0.25) is 5.91 Å². The SMILES string of the molecule is COCC1[C@H](O)C(O)C(NC(C)=O)CN1C. The molecule has 1 aliphatic heterocycles. The van der Waals surface area contributed by atoms with Gasteiger partial charge in [0.15, 0.2) is 0 Å². The molecule has 4 atom stereocenters. The second kappa shape index (κ2) is 5.58. The van der Waals surface area contributed by atoms with Gasteiger partial charge in [-0.05, 0) is 7.05 Å². The van der Waals surface area contributed by atoms with Crippen molar-refractivity contribution >= 4 is 5.91 Å². The molecule has 0 aromatic rings. The van der Waals surface area contributed by atoms with Crippen LogP contribution in [0.1, 0.15) is 6.92 Å². The lowest BCUT2D eigenvalue weighted by Gasteiger charge is -2.43. The summed E-state index contributed by atoms with van der Waals surface area (Å²) in [7, 11) is 3.38. The number of methoxy groups -OCH3 is 1. The molecule has 0 radical (unpaired) electrons. The fourth-order valence-corrected chi connectivity index (χ4v) is 2.07. The first-order valence-electron chi connectivity index (χ1n) is 5.29. The molecular weight excluding hydrogens is 212 g/mol. The summed E-state index contributed by atoms with van der Waals surface area (Å²) in [6, 6.07) is -0.685. The van der Waals surface area contributed by atoms with Crippen LogP contribution in [0, 0.1) is 0 Å². The molecule has 6 heteroatoms. The fourth-order valence-electron chi connectivity index (χ4n) is 2.07. The summed E-state index contributed by atoms with van der Waals surface area (Å²) in [5, 5.41) is 22.4. The number of carbonyl (C=O) groups excluding carboxylic acids is 1. The molecule has 0 aliphatic carbocycles. The number of piperidine rings is 1. The second-order valence-corrected chi connectivity index (χ2v) is 4.25. The average molecular weight is 232 g/mol. The molecule has 1 aliphatic rings. The molecular formula is C10H20N2O4. The molecule has 1 saturated heterocycles. The Morgan fingerprint density at radius 1 is 1.50 bits per heavy atom. The monoisotopic (exact) mass is 232 g/mol. The summed E-state index contributed by atoms with van der Waals surface area (Å²) in [5.74, 6) is -0.213. The summed E-state index contributed by atoms with van der Waals surface area (Å²) in [6.45, 7) is 2.23. The van der Waals surface area contributed by atoms with E-state index in [9.17, 15) is 15.0 Å². The van der Waals surface area contributed by atoms with Gasteiger partial charge in [-0.2, -0.15) is 0 Å². The van der Waals surface area contributed by atoms with Crippen molar-refractivity contribution in [2.45, 2.75) is 31.2 Å². The maximum absolute atomic E-state index is 10.9. The van der Waals surface area contributed by atoms with Gasteiger partial charge in [0.05, 0.1) is 24.8 Å². The Morgan fingerprint density at radius 2 is 2.12 bits per heavy atom. The number of ether oxygens (including phenoxy) is 1. The number of likely N-dealkylation sites (N-methyl/N-ethyl adjacent to an activating group) is 1. The highest BCUT2D eigenvalue weighted by molar-refractivity contribution is 5.73. The Kier molecular flexibility index (Phi) is 4.67. The van der Waals surface area contributed by atoms with Gasteiger partial charge in [-0.25, -0.2) is 0 Å². The average Bonchev–Trinajstić information content (AvgIpc) is 2.20. The van der Waals surface area contributed by atoms with E-state index in [1.54, 1.807) is 7.11 Å². The molecule has 1 amide bonds. The number of amides is 1. The van der Waals surface area contributed by atoms with Crippen LogP contribution in [0.5, 0.6) is 0 Å². The normalized spacial score (nSPS) is 36.1. The van der Waals surface area contributed by atoms with Crippen molar-refractivity contribution in [3.63, 3.8) is 0 Å². The summed E-state index contributed by atoms with van der Waals surface area (Å²) in [5.41, 5.74) is 0. The Balaban J connectivity index is 2.66. The lowest BCUT2D eigenvalue weighted by atomic mass is 9.93. The van der Waals surface area contributed by atoms with E-state index in [4.69, 9.17) is 4.74 Å². The van der Waals surface area contributed by atoms with E-state index in [1.165, 1.54) is 6.92 Å². The summed E-state index contributed by atoms with van der Waals surface area (Å²) in [4.78, 5) is 12.8. The first-order valence-corrected chi connectivity index (χ1v) is 5.29. The van der Waals surface area contributed by atoms with Crippen molar-refractivity contribution in [2.24, 2.45) is 0 Å². The number of rotatable bonds is 3. The summed E-state index contributed by atoms with van der Waals surface area (Å²) < 4.78 is 4.99. The van der Waals surface area contributed by atoms with E-state index >= 15 is 0 Å². The van der Waals surface area contributed by atoms with E-state index in [0.29, 0.717) is 13.2 Å². The minimum Gasteiger partial charge on any atom is -0.389 e. The van der Waals surface area contributed by atoms with E-state index in [1.807, 2.05) is 11.9 Å². The smallest absolute Gasteiger partial charge is 0.217 e. The third kappa shape index (κ3) is 2.91. The van der Waals surface area contributed by atoms with E-state index in [2.05, 4.69) is 5.32 Å². The molecule has 0 aromatic heterocycles. The highest BCUT2D eigenvalue weighted by atomic mass is 16.5. The highest BCUT2D eigenvalue weighted by Gasteiger charge is 2.40. The van der Waals surface area contributed by atoms with E-state index in [-0.39, 0.29) is 11.9 Å². The predicted molar refractivity (Wildman–Crippen MR) is 57.9 cm³/mol. The number of likely N-dealkylation sites (tertiary alicyclic amines) is 1. The van der Waals surface area contributed by atoms with Crippen molar-refractivity contribution in [1.29, 1.82) is 0 Å². The van der Waals surface area contributed by atoms with Crippen molar-refractivity contribution < 1.29 is 19.7 Å². The van der Waals surface area contributed by atoms with Gasteiger partial charge in [-0.15, -0.1) is 0 Å². The lowest BCUT2D eigenvalue weighted by Crippen LogP contribution is -2.65. The van der Waals surface area contributed by atoms with Gasteiger partial charge in [0.1, 0.15) is 6.10 Å². The number of aliphatic hydroxyl groups excluding tert-OH is 2. The molecule has 0 bridgehead atoms. The number of aliphatic hydroxyl groups is 2. The van der Waals surface area contributed by atoms with Crippen LogP contribution in [-0.4, -0.2) is 72.6 Å². The maximum Gasteiger partial charge on any atom is 0.217 e. The molecule has 16 heavy (non-hydrogen) atoms. The standard InChI is InChI=1S/C10H20N2O4/c1-6(13)11-7-4-12(2)8(5-16-3)10(15)9(7)14/h7-10,14-15H,4-5H2,1-3H3,(H,11,13)/t7?,8?,9?,10-/m0/s1. The van der Waals surface area contributed by atoms with Crippen LogP contribution in [0.25, 0.3) is 0 Å². The van der Waals surface area contributed by atoms with Crippen molar-refractivity contribution in [1.82, 2.24) is 10.2 Å². The Hall–Kier alpha value is -0.690. The minimum atomic E-state index is -0.958. The van der Waals surface area contributed by atoms with Gasteiger partial charge in [0.25, 0.3) is 0 Å². The summed E-state index contributed by atoms with van der Waals surface area (Å²) in [6.07, 6.45) is -1.88. The topological polar surface area (TPSA) is 82.0 Å². The van der Waals surface area contributed by atoms with Crippen LogP contribution in [0.2, 0.25) is 0 Å². The molecule has 94 valence electrons. The second-order valence-electron chi connectivity index (χ2n) is 4.25. The lowest BCUT2D eigenvalue weighted by molar-refractivity contribution is -0.127. The van der Waals surface area contributed by atoms with Crippen LogP contribution >= 0.6 is 0 Å². The molecule has 1 rings (SSSR count). The third-order valence-electron chi connectivity index (χ3n) is 2.93. The first kappa shape index (κ1) is 13.4. The van der Waals surface area contributed by atoms with Gasteiger partial charge in [-0.1, -0.05) is 0 Å². The maximum atomic E-state index is 10.9.